The summed E-state index contributed by atoms with van der Waals surface area (Å²) in [6.45, 7) is 6.32. The summed E-state index contributed by atoms with van der Waals surface area (Å²) < 4.78 is 18.4. The summed E-state index contributed by atoms with van der Waals surface area (Å²) in [5, 5.41) is 16.2. The van der Waals surface area contributed by atoms with Crippen molar-refractivity contribution in [2.24, 2.45) is 7.05 Å². The molecule has 186 valence electrons. The first-order valence-electron chi connectivity index (χ1n) is 13.7. The lowest BCUT2D eigenvalue weighted by Gasteiger charge is -2.12. The summed E-state index contributed by atoms with van der Waals surface area (Å²) in [7, 11) is 2.06. The molecule has 0 aliphatic rings. The molecule has 0 radical (unpaired) electrons. The van der Waals surface area contributed by atoms with Crippen molar-refractivity contribution in [3.63, 3.8) is 0 Å². The van der Waals surface area contributed by atoms with Crippen molar-refractivity contribution in [1.29, 1.82) is 5.26 Å². The Labute approximate surface area is 228 Å². The Morgan fingerprint density at radius 3 is 2.28 bits per heavy atom. The van der Waals surface area contributed by atoms with E-state index in [9.17, 15) is 6.63 Å². The average molecular weight is 505 g/mol. The highest BCUT2D eigenvalue weighted by Gasteiger charge is 2.25. The summed E-state index contributed by atoms with van der Waals surface area (Å²) in [4.78, 5) is 0. The number of hydrogen-bond acceptors (Lipinski definition) is 2. The molecule has 39 heavy (non-hydrogen) atoms. The number of pyridine rings is 1. The Hall–Kier alpha value is -4.94. The van der Waals surface area contributed by atoms with Crippen molar-refractivity contribution in [3.8, 4) is 28.5 Å². The quantitative estimate of drug-likeness (QED) is 0.174. The third kappa shape index (κ3) is 3.39. The van der Waals surface area contributed by atoms with Crippen LogP contribution in [0.15, 0.2) is 95.5 Å². The zero-order valence-electron chi connectivity index (χ0n) is 23.4. The second kappa shape index (κ2) is 8.55. The van der Waals surface area contributed by atoms with Crippen LogP contribution in [-0.4, -0.2) is 0 Å². The average Bonchev–Trinajstić information content (AvgIpc) is 3.34. The van der Waals surface area contributed by atoms with Crippen molar-refractivity contribution in [2.75, 3.05) is 0 Å². The molecule has 0 amide bonds. The number of furan rings is 1. The molecule has 7 rings (SSSR count). The molecule has 0 N–H and O–H groups in total. The van der Waals surface area contributed by atoms with E-state index >= 15 is 0 Å². The molecule has 0 atom stereocenters. The highest BCUT2D eigenvalue weighted by molar-refractivity contribution is 6.20. The first-order valence-corrected chi connectivity index (χ1v) is 13.2. The van der Waals surface area contributed by atoms with Gasteiger partial charge in [-0.3, -0.25) is 0 Å². The van der Waals surface area contributed by atoms with Crippen molar-refractivity contribution < 1.29 is 10.4 Å². The molecule has 0 aliphatic carbocycles. The molecule has 5 aromatic carbocycles. The summed E-state index contributed by atoms with van der Waals surface area (Å²) in [5.74, 6) is 0. The molecule has 0 spiro atoms. The van der Waals surface area contributed by atoms with Crippen LogP contribution >= 0.6 is 0 Å². The van der Waals surface area contributed by atoms with Gasteiger partial charge in [-0.15, -0.1) is 0 Å². The maximum Gasteiger partial charge on any atom is 0.216 e. The highest BCUT2D eigenvalue weighted by atomic mass is 16.3. The van der Waals surface area contributed by atoms with Crippen LogP contribution in [-0.2, 0) is 7.05 Å². The molecule has 2 heterocycles. The van der Waals surface area contributed by atoms with Crippen LogP contribution < -0.4 is 4.57 Å². The van der Waals surface area contributed by atoms with Crippen molar-refractivity contribution in [2.45, 2.75) is 20.8 Å². The SMILES string of the molecule is [2H]c1c(-c2c(C#N)ccc3c2oc2c(-c4ccc(C)c[n+]4C)c(C)cc(C)c23)c2ccccc2c2ccccc12. The summed E-state index contributed by atoms with van der Waals surface area (Å²) in [6, 6.07) is 29.3. The third-order valence-electron chi connectivity index (χ3n) is 7.89. The molecule has 3 nitrogen and oxygen atoms in total. The van der Waals surface area contributed by atoms with Gasteiger partial charge in [0, 0.05) is 28.0 Å². The first-order chi connectivity index (χ1) is 19.4. The number of aryl methyl sites for hydroxylation is 4. The largest absolute Gasteiger partial charge is 0.454 e. The minimum Gasteiger partial charge on any atom is -0.454 e. The lowest BCUT2D eigenvalue weighted by Crippen LogP contribution is -2.31. The van der Waals surface area contributed by atoms with Gasteiger partial charge in [0.05, 0.1) is 18.6 Å². The van der Waals surface area contributed by atoms with Crippen molar-refractivity contribution in [1.82, 2.24) is 0 Å². The molecule has 0 bridgehead atoms. The van der Waals surface area contributed by atoms with E-state index in [4.69, 9.17) is 4.42 Å². The normalized spacial score (nSPS) is 11.9. The van der Waals surface area contributed by atoms with E-state index in [2.05, 4.69) is 75.0 Å². The maximum atomic E-state index is 10.3. The third-order valence-corrected chi connectivity index (χ3v) is 7.89. The lowest BCUT2D eigenvalue weighted by atomic mass is 9.89. The van der Waals surface area contributed by atoms with Crippen LogP contribution in [0.2, 0.25) is 0 Å². The molecule has 3 heteroatoms. The van der Waals surface area contributed by atoms with E-state index in [1.807, 2.05) is 48.5 Å². The first kappa shape index (κ1) is 22.1. The Bertz CT molecular complexity index is 2230. The van der Waals surface area contributed by atoms with Crippen LogP contribution in [0.5, 0.6) is 0 Å². The molecular weight excluding hydrogens is 476 g/mol. The number of nitriles is 1. The van der Waals surface area contributed by atoms with Crippen molar-refractivity contribution >= 4 is 43.5 Å². The number of aromatic nitrogens is 1. The zero-order chi connectivity index (χ0) is 27.7. The van der Waals surface area contributed by atoms with Gasteiger partial charge in [0.2, 0.25) is 5.69 Å². The minimum absolute atomic E-state index is 0.400. The standard InChI is InChI=1S/C36H27N2O/c1-21-13-16-31(38(4)20-21)33-23(3)17-22(2)32-29-15-14-25(19-37)34(35(29)39-36(32)33)30-18-24-9-5-6-10-26(24)27-11-7-8-12-28(27)30/h5-18,20H,1-4H3/q+1/i18D. The highest BCUT2D eigenvalue weighted by Crippen LogP contribution is 2.45. The lowest BCUT2D eigenvalue weighted by molar-refractivity contribution is -0.660. The van der Waals surface area contributed by atoms with Gasteiger partial charge >= 0.3 is 0 Å². The zero-order valence-corrected chi connectivity index (χ0v) is 22.4. The van der Waals surface area contributed by atoms with E-state index in [0.29, 0.717) is 22.8 Å². The Balaban J connectivity index is 1.69. The van der Waals surface area contributed by atoms with Crippen molar-refractivity contribution in [3.05, 3.63) is 113 Å². The van der Waals surface area contributed by atoms with E-state index in [0.717, 1.165) is 65.8 Å². The second-order valence-electron chi connectivity index (χ2n) is 10.5. The summed E-state index contributed by atoms with van der Waals surface area (Å²) in [6.07, 6.45) is 2.12. The van der Waals surface area contributed by atoms with Gasteiger partial charge in [-0.05, 0) is 83.2 Å². The van der Waals surface area contributed by atoms with Crippen LogP contribution in [0.4, 0.5) is 0 Å². The summed E-state index contributed by atoms with van der Waals surface area (Å²) >= 11 is 0. The van der Waals surface area contributed by atoms with E-state index in [1.165, 1.54) is 5.56 Å². The second-order valence-corrected chi connectivity index (χ2v) is 10.5. The number of hydrogen-bond donors (Lipinski definition) is 0. The van der Waals surface area contributed by atoms with E-state index in [1.54, 1.807) is 0 Å². The van der Waals surface area contributed by atoms with E-state index < -0.39 is 0 Å². The fourth-order valence-corrected chi connectivity index (χ4v) is 6.20. The van der Waals surface area contributed by atoms with E-state index in [-0.39, 0.29) is 0 Å². The molecular formula is C36H27N2O+. The molecule has 7 aromatic rings. The molecule has 2 aromatic heterocycles. The molecule has 0 fully saturated rings. The monoisotopic (exact) mass is 504 g/mol. The molecule has 0 saturated carbocycles. The fraction of sp³-hybridized carbons (Fsp3) is 0.111. The number of benzene rings is 5. The van der Waals surface area contributed by atoms with Gasteiger partial charge in [0.15, 0.2) is 6.20 Å². The Morgan fingerprint density at radius 2 is 1.51 bits per heavy atom. The van der Waals surface area contributed by atoms with Crippen LogP contribution in [0, 0.1) is 32.1 Å². The predicted molar refractivity (Wildman–Crippen MR) is 160 cm³/mol. The van der Waals surface area contributed by atoms with Gasteiger partial charge in [-0.2, -0.15) is 5.26 Å². The van der Waals surface area contributed by atoms with Gasteiger partial charge in [0.25, 0.3) is 0 Å². The van der Waals surface area contributed by atoms with Gasteiger partial charge in [-0.25, -0.2) is 4.57 Å². The van der Waals surface area contributed by atoms with Gasteiger partial charge in [-0.1, -0.05) is 54.6 Å². The van der Waals surface area contributed by atoms with Gasteiger partial charge < -0.3 is 4.42 Å². The maximum absolute atomic E-state index is 10.3. The number of rotatable bonds is 2. The smallest absolute Gasteiger partial charge is 0.216 e. The molecule has 0 unspecified atom stereocenters. The van der Waals surface area contributed by atoms with Gasteiger partial charge in [0.1, 0.15) is 18.2 Å². The predicted octanol–water partition coefficient (Wildman–Crippen LogP) is 8.85. The molecule has 0 aliphatic heterocycles. The summed E-state index contributed by atoms with van der Waals surface area (Å²) in [5.41, 5.74) is 8.89. The Morgan fingerprint density at radius 1 is 0.769 bits per heavy atom. The number of fused-ring (bicyclic) bond motifs is 6. The Kier molecular flexibility index (Phi) is 4.84. The fourth-order valence-electron chi connectivity index (χ4n) is 6.20. The minimum atomic E-state index is 0.400. The van der Waals surface area contributed by atoms with Crippen LogP contribution in [0.3, 0.4) is 0 Å². The topological polar surface area (TPSA) is 40.8 Å². The number of nitrogens with zero attached hydrogens (tertiary/aromatic N) is 2. The molecule has 0 saturated heterocycles. The van der Waals surface area contributed by atoms with Crippen LogP contribution in [0.1, 0.15) is 23.6 Å². The van der Waals surface area contributed by atoms with Crippen LogP contribution in [0.25, 0.3) is 65.9 Å².